The summed E-state index contributed by atoms with van der Waals surface area (Å²) in [4.78, 5) is 31.7. The SMILES string of the molecule is C=CCN(CC(=O)N1CCc2sccc2[C@H]1COc1ccc(C)cc1C)C(=O)c1ccc2c(c1)OCO2. The maximum atomic E-state index is 13.7. The van der Waals surface area contributed by atoms with Crippen LogP contribution in [0.5, 0.6) is 17.2 Å². The number of benzene rings is 2. The van der Waals surface area contributed by atoms with Crippen molar-refractivity contribution in [2.75, 3.05) is 33.0 Å². The fourth-order valence-electron chi connectivity index (χ4n) is 4.85. The molecule has 0 fully saturated rings. The summed E-state index contributed by atoms with van der Waals surface area (Å²) in [5, 5.41) is 2.07. The van der Waals surface area contributed by atoms with Gasteiger partial charge in [0.05, 0.1) is 6.04 Å². The van der Waals surface area contributed by atoms with Crippen LogP contribution in [0.15, 0.2) is 60.5 Å². The first kappa shape index (κ1) is 24.9. The number of carbonyl (C=O) groups is 2. The minimum Gasteiger partial charge on any atom is -0.491 e. The predicted octanol–water partition coefficient (Wildman–Crippen LogP) is 4.93. The van der Waals surface area contributed by atoms with Crippen LogP contribution in [0.4, 0.5) is 0 Å². The number of hydrogen-bond acceptors (Lipinski definition) is 6. The number of fused-ring (bicyclic) bond motifs is 2. The summed E-state index contributed by atoms with van der Waals surface area (Å²) < 4.78 is 17.0. The topological polar surface area (TPSA) is 68.3 Å². The molecule has 192 valence electrons. The van der Waals surface area contributed by atoms with E-state index in [-0.39, 0.29) is 37.7 Å². The summed E-state index contributed by atoms with van der Waals surface area (Å²) in [5.41, 5.74) is 3.79. The van der Waals surface area contributed by atoms with Gasteiger partial charge in [-0.25, -0.2) is 0 Å². The van der Waals surface area contributed by atoms with E-state index >= 15 is 0 Å². The quantitative estimate of drug-likeness (QED) is 0.396. The third-order valence-corrected chi connectivity index (χ3v) is 7.72. The number of thiophene rings is 1. The summed E-state index contributed by atoms with van der Waals surface area (Å²) in [6.45, 7) is 9.11. The van der Waals surface area contributed by atoms with Crippen LogP contribution < -0.4 is 14.2 Å². The average Bonchev–Trinajstić information content (AvgIpc) is 3.56. The van der Waals surface area contributed by atoms with Gasteiger partial charge in [-0.1, -0.05) is 23.8 Å². The van der Waals surface area contributed by atoms with Crippen molar-refractivity contribution >= 4 is 23.2 Å². The van der Waals surface area contributed by atoms with E-state index in [9.17, 15) is 9.59 Å². The van der Waals surface area contributed by atoms with Crippen molar-refractivity contribution in [3.05, 3.63) is 87.6 Å². The van der Waals surface area contributed by atoms with Crippen molar-refractivity contribution in [1.29, 1.82) is 0 Å². The Bertz CT molecular complexity index is 1330. The molecule has 2 aliphatic heterocycles. The lowest BCUT2D eigenvalue weighted by Crippen LogP contribution is -2.47. The van der Waals surface area contributed by atoms with Gasteiger partial charge in [0.1, 0.15) is 18.9 Å². The Morgan fingerprint density at radius 3 is 2.81 bits per heavy atom. The molecule has 0 saturated carbocycles. The Balaban J connectivity index is 1.34. The van der Waals surface area contributed by atoms with E-state index in [4.69, 9.17) is 14.2 Å². The molecule has 0 N–H and O–H groups in total. The Kier molecular flexibility index (Phi) is 7.19. The van der Waals surface area contributed by atoms with Gasteiger partial charge in [0.25, 0.3) is 5.91 Å². The number of nitrogens with zero attached hydrogens (tertiary/aromatic N) is 2. The lowest BCUT2D eigenvalue weighted by atomic mass is 10.00. The van der Waals surface area contributed by atoms with Crippen molar-refractivity contribution in [1.82, 2.24) is 9.80 Å². The van der Waals surface area contributed by atoms with Crippen molar-refractivity contribution in [2.45, 2.75) is 26.3 Å². The second-order valence-corrected chi connectivity index (χ2v) is 10.3. The molecule has 3 heterocycles. The molecule has 2 aromatic carbocycles. The lowest BCUT2D eigenvalue weighted by molar-refractivity contribution is -0.135. The van der Waals surface area contributed by atoms with Crippen LogP contribution in [0, 0.1) is 13.8 Å². The molecule has 2 amide bonds. The molecule has 7 nitrogen and oxygen atoms in total. The highest BCUT2D eigenvalue weighted by Crippen LogP contribution is 2.35. The van der Waals surface area contributed by atoms with Crippen molar-refractivity contribution in [3.63, 3.8) is 0 Å². The summed E-state index contributed by atoms with van der Waals surface area (Å²) in [7, 11) is 0. The summed E-state index contributed by atoms with van der Waals surface area (Å²) in [6, 6.07) is 13.0. The number of ether oxygens (including phenoxy) is 3. The lowest BCUT2D eigenvalue weighted by Gasteiger charge is -2.37. The molecule has 3 aromatic rings. The molecule has 0 saturated heterocycles. The Morgan fingerprint density at radius 2 is 2.00 bits per heavy atom. The summed E-state index contributed by atoms with van der Waals surface area (Å²) in [5.74, 6) is 1.56. The molecular formula is C29H30N2O5S. The van der Waals surface area contributed by atoms with E-state index in [1.54, 1.807) is 35.6 Å². The molecule has 8 heteroatoms. The highest BCUT2D eigenvalue weighted by molar-refractivity contribution is 7.10. The van der Waals surface area contributed by atoms with Gasteiger partial charge in [-0.2, -0.15) is 0 Å². The van der Waals surface area contributed by atoms with Gasteiger partial charge in [0.15, 0.2) is 11.5 Å². The minimum absolute atomic E-state index is 0.0567. The van der Waals surface area contributed by atoms with Gasteiger partial charge in [-0.15, -0.1) is 17.9 Å². The third kappa shape index (κ3) is 5.20. The van der Waals surface area contributed by atoms with Crippen molar-refractivity contribution in [2.24, 2.45) is 0 Å². The Labute approximate surface area is 220 Å². The normalized spacial score (nSPS) is 15.7. The van der Waals surface area contributed by atoms with Gasteiger partial charge >= 0.3 is 0 Å². The third-order valence-electron chi connectivity index (χ3n) is 6.72. The minimum atomic E-state index is -0.261. The van der Waals surface area contributed by atoms with Crippen LogP contribution in [-0.2, 0) is 11.2 Å². The van der Waals surface area contributed by atoms with E-state index in [1.165, 1.54) is 15.3 Å². The van der Waals surface area contributed by atoms with Gasteiger partial charge in [0, 0.05) is 23.5 Å². The molecule has 0 bridgehead atoms. The zero-order valence-corrected chi connectivity index (χ0v) is 21.9. The zero-order valence-electron chi connectivity index (χ0n) is 21.1. The zero-order chi connectivity index (χ0) is 25.9. The fraction of sp³-hybridized carbons (Fsp3) is 0.310. The van der Waals surface area contributed by atoms with Gasteiger partial charge in [-0.05, 0) is 67.1 Å². The van der Waals surface area contributed by atoms with E-state index in [0.29, 0.717) is 30.2 Å². The molecule has 2 aliphatic rings. The fourth-order valence-corrected chi connectivity index (χ4v) is 5.77. The summed E-state index contributed by atoms with van der Waals surface area (Å²) in [6.07, 6.45) is 2.42. The monoisotopic (exact) mass is 518 g/mol. The number of carbonyl (C=O) groups excluding carboxylic acids is 2. The van der Waals surface area contributed by atoms with Gasteiger partial charge < -0.3 is 24.0 Å². The number of rotatable bonds is 8. The first-order chi connectivity index (χ1) is 17.9. The maximum absolute atomic E-state index is 13.7. The van der Waals surface area contributed by atoms with Gasteiger partial charge in [-0.3, -0.25) is 9.59 Å². The molecule has 0 radical (unpaired) electrons. The van der Waals surface area contributed by atoms with Crippen LogP contribution in [0.1, 0.15) is 38.0 Å². The molecule has 0 unspecified atom stereocenters. The number of aryl methyl sites for hydroxylation is 2. The molecule has 0 spiro atoms. The van der Waals surface area contributed by atoms with Crippen LogP contribution in [0.2, 0.25) is 0 Å². The van der Waals surface area contributed by atoms with Crippen LogP contribution >= 0.6 is 11.3 Å². The van der Waals surface area contributed by atoms with Crippen molar-refractivity contribution in [3.8, 4) is 17.2 Å². The van der Waals surface area contributed by atoms with E-state index in [1.807, 2.05) is 24.0 Å². The number of hydrogen-bond donors (Lipinski definition) is 0. The standard InChI is InChI=1S/C29H30N2O5S/c1-4-11-30(29(33)21-6-8-25-26(15-21)36-18-35-25)16-28(32)31-12-9-27-22(10-13-37-27)23(31)17-34-24-7-5-19(2)14-20(24)3/h4-8,10,13-15,23H,1,9,11-12,16-18H2,2-3H3/t23-/m1/s1. The van der Waals surface area contributed by atoms with E-state index in [2.05, 4.69) is 31.0 Å². The van der Waals surface area contributed by atoms with Gasteiger partial charge in [0.2, 0.25) is 12.7 Å². The Hall–Kier alpha value is -3.78. The van der Waals surface area contributed by atoms with Crippen molar-refractivity contribution < 1.29 is 23.8 Å². The smallest absolute Gasteiger partial charge is 0.254 e. The van der Waals surface area contributed by atoms with Crippen LogP contribution in [0.3, 0.4) is 0 Å². The first-order valence-corrected chi connectivity index (χ1v) is 13.2. The average molecular weight is 519 g/mol. The molecule has 37 heavy (non-hydrogen) atoms. The predicted molar refractivity (Wildman–Crippen MR) is 143 cm³/mol. The molecule has 5 rings (SSSR count). The van der Waals surface area contributed by atoms with Crippen LogP contribution in [0.25, 0.3) is 0 Å². The summed E-state index contributed by atoms with van der Waals surface area (Å²) >= 11 is 1.71. The van der Waals surface area contributed by atoms with E-state index in [0.717, 1.165) is 23.3 Å². The first-order valence-electron chi connectivity index (χ1n) is 12.3. The molecule has 1 aromatic heterocycles. The second kappa shape index (κ2) is 10.7. The second-order valence-electron chi connectivity index (χ2n) is 9.27. The largest absolute Gasteiger partial charge is 0.491 e. The maximum Gasteiger partial charge on any atom is 0.254 e. The van der Waals surface area contributed by atoms with Crippen LogP contribution in [-0.4, -0.2) is 54.6 Å². The number of amides is 2. The highest BCUT2D eigenvalue weighted by Gasteiger charge is 2.34. The molecular weight excluding hydrogens is 488 g/mol. The Morgan fingerprint density at radius 1 is 1.16 bits per heavy atom. The molecule has 1 atom stereocenters. The highest BCUT2D eigenvalue weighted by atomic mass is 32.1. The molecule has 0 aliphatic carbocycles. The van der Waals surface area contributed by atoms with E-state index < -0.39 is 0 Å².